The van der Waals surface area contributed by atoms with Gasteiger partial charge in [-0.05, 0) is 47.9 Å². The summed E-state index contributed by atoms with van der Waals surface area (Å²) >= 11 is 0. The van der Waals surface area contributed by atoms with Crippen LogP contribution in [-0.2, 0) is 11.2 Å². The second-order valence-corrected chi connectivity index (χ2v) is 8.20. The van der Waals surface area contributed by atoms with Crippen molar-refractivity contribution < 1.29 is 23.8 Å². The van der Waals surface area contributed by atoms with Gasteiger partial charge in [-0.25, -0.2) is 18.5 Å². The van der Waals surface area contributed by atoms with Gasteiger partial charge in [0.05, 0.1) is 12.1 Å². The minimum Gasteiger partial charge on any atom is -0.477 e. The molecule has 5 nitrogen and oxygen atoms in total. The van der Waals surface area contributed by atoms with E-state index in [-0.39, 0.29) is 23.6 Å². The molecule has 0 aliphatic carbocycles. The number of benzene rings is 1. The summed E-state index contributed by atoms with van der Waals surface area (Å²) in [4.78, 5) is 24.3. The summed E-state index contributed by atoms with van der Waals surface area (Å²) in [5.74, 6) is -1.50. The highest BCUT2D eigenvalue weighted by Crippen LogP contribution is 2.28. The lowest BCUT2D eigenvalue weighted by molar-refractivity contribution is 0.0680. The van der Waals surface area contributed by atoms with E-state index in [4.69, 9.17) is 4.74 Å². The van der Waals surface area contributed by atoms with Gasteiger partial charge in [0, 0.05) is 5.39 Å². The number of nitrogens with zero attached hydrogens (tertiary/aromatic N) is 1. The van der Waals surface area contributed by atoms with E-state index in [0.29, 0.717) is 29.3 Å². The third-order valence-corrected chi connectivity index (χ3v) is 4.05. The van der Waals surface area contributed by atoms with Crippen LogP contribution in [-0.4, -0.2) is 28.3 Å². The first kappa shape index (κ1) is 19.9. The number of fused-ring (bicyclic) bond motifs is 1. The number of carbonyl (C=O) groups is 2. The molecule has 0 spiro atoms. The highest BCUT2D eigenvalue weighted by Gasteiger charge is 2.24. The molecule has 0 saturated heterocycles. The average molecular weight is 363 g/mol. The van der Waals surface area contributed by atoms with Crippen molar-refractivity contribution in [2.45, 2.75) is 47.5 Å². The number of hydrogen-bond acceptors (Lipinski definition) is 3. The number of aromatic carboxylic acids is 1. The molecule has 1 aromatic heterocycles. The second kappa shape index (κ2) is 7.48. The topological polar surface area (TPSA) is 68.5 Å². The maximum Gasteiger partial charge on any atom is 0.419 e. The molecule has 0 aliphatic rings. The van der Waals surface area contributed by atoms with Crippen molar-refractivity contribution in [2.24, 2.45) is 11.3 Å². The first-order chi connectivity index (χ1) is 12.0. The normalized spacial score (nSPS) is 12.0. The van der Waals surface area contributed by atoms with Gasteiger partial charge < -0.3 is 9.84 Å². The van der Waals surface area contributed by atoms with Gasteiger partial charge in [-0.2, -0.15) is 0 Å². The van der Waals surface area contributed by atoms with Crippen LogP contribution in [0.1, 0.15) is 57.1 Å². The molecule has 0 unspecified atom stereocenters. The summed E-state index contributed by atoms with van der Waals surface area (Å²) in [7, 11) is 0. The van der Waals surface area contributed by atoms with Crippen molar-refractivity contribution >= 4 is 23.0 Å². The molecule has 2 rings (SSSR count). The van der Waals surface area contributed by atoms with Crippen molar-refractivity contribution in [3.8, 4) is 0 Å². The minimum absolute atomic E-state index is 0.0133. The van der Waals surface area contributed by atoms with Crippen LogP contribution in [0.3, 0.4) is 0 Å². The Morgan fingerprint density at radius 1 is 1.23 bits per heavy atom. The van der Waals surface area contributed by atoms with Crippen LogP contribution in [0.15, 0.2) is 18.2 Å². The van der Waals surface area contributed by atoms with Crippen molar-refractivity contribution in [3.63, 3.8) is 0 Å². The summed E-state index contributed by atoms with van der Waals surface area (Å²) in [5.41, 5.74) is 0.755. The van der Waals surface area contributed by atoms with Gasteiger partial charge in [0.1, 0.15) is 11.5 Å². The molecule has 1 aromatic carbocycles. The number of rotatable bonds is 5. The largest absolute Gasteiger partial charge is 0.477 e. The van der Waals surface area contributed by atoms with E-state index in [1.54, 1.807) is 0 Å². The smallest absolute Gasteiger partial charge is 0.419 e. The van der Waals surface area contributed by atoms with Crippen LogP contribution in [0.4, 0.5) is 9.18 Å². The fourth-order valence-electron chi connectivity index (χ4n) is 2.85. The monoisotopic (exact) mass is 363 g/mol. The van der Waals surface area contributed by atoms with Crippen LogP contribution < -0.4 is 0 Å². The van der Waals surface area contributed by atoms with E-state index in [0.717, 1.165) is 4.57 Å². The highest BCUT2D eigenvalue weighted by molar-refractivity contribution is 6.02. The van der Waals surface area contributed by atoms with Crippen LogP contribution in [0, 0.1) is 17.2 Å². The number of hydrogen-bond donors (Lipinski definition) is 1. The Morgan fingerprint density at radius 2 is 1.88 bits per heavy atom. The molecule has 1 heterocycles. The predicted molar refractivity (Wildman–Crippen MR) is 98.2 cm³/mol. The lowest BCUT2D eigenvalue weighted by atomic mass is 9.93. The number of aromatic nitrogens is 1. The zero-order chi connectivity index (χ0) is 19.6. The Kier molecular flexibility index (Phi) is 5.74. The van der Waals surface area contributed by atoms with Gasteiger partial charge >= 0.3 is 12.1 Å². The number of halogens is 1. The summed E-state index contributed by atoms with van der Waals surface area (Å²) in [6.45, 7) is 10.2. The molecular formula is C20H26FNO4. The van der Waals surface area contributed by atoms with Gasteiger partial charge in [-0.3, -0.25) is 0 Å². The van der Waals surface area contributed by atoms with E-state index in [1.807, 2.05) is 34.6 Å². The average Bonchev–Trinajstić information content (AvgIpc) is 2.84. The third kappa shape index (κ3) is 4.62. The Morgan fingerprint density at radius 3 is 2.42 bits per heavy atom. The van der Waals surface area contributed by atoms with Crippen LogP contribution in [0.5, 0.6) is 0 Å². The molecule has 0 saturated carbocycles. The van der Waals surface area contributed by atoms with E-state index in [1.165, 1.54) is 18.2 Å². The summed E-state index contributed by atoms with van der Waals surface area (Å²) < 4.78 is 20.3. The Hall–Kier alpha value is -2.37. The predicted octanol–water partition coefficient (Wildman–Crippen LogP) is 5.10. The first-order valence-corrected chi connectivity index (χ1v) is 8.74. The van der Waals surface area contributed by atoms with Gasteiger partial charge in [0.2, 0.25) is 0 Å². The van der Waals surface area contributed by atoms with Crippen LogP contribution in [0.2, 0.25) is 0 Å². The maximum absolute atomic E-state index is 14.0. The molecule has 0 atom stereocenters. The standard InChI is InChI=1S/C20H26FNO4/c1-12(2)8-13-9-15(21)10-14-11-16(18(23)24)22(17(13)14)19(25)26-7-6-20(3,4)5/h9-12H,6-8H2,1-5H3,(H,23,24). The van der Waals surface area contributed by atoms with E-state index in [9.17, 15) is 19.1 Å². The molecule has 0 fully saturated rings. The molecule has 142 valence electrons. The Balaban J connectivity index is 2.52. The summed E-state index contributed by atoms with van der Waals surface area (Å²) in [5, 5.41) is 9.87. The number of carboxylic acid groups (broad SMARTS) is 1. The molecule has 0 radical (unpaired) electrons. The minimum atomic E-state index is -1.26. The number of carboxylic acids is 1. The fraction of sp³-hybridized carbons (Fsp3) is 0.500. The molecule has 1 N–H and O–H groups in total. The molecule has 2 aromatic rings. The molecule has 0 aliphatic heterocycles. The summed E-state index contributed by atoms with van der Waals surface area (Å²) in [6.07, 6.45) is 0.415. The van der Waals surface area contributed by atoms with Gasteiger partial charge in [-0.15, -0.1) is 0 Å². The van der Waals surface area contributed by atoms with Crippen LogP contribution >= 0.6 is 0 Å². The zero-order valence-electron chi connectivity index (χ0n) is 15.9. The Labute approximate surface area is 152 Å². The summed E-state index contributed by atoms with van der Waals surface area (Å²) in [6, 6.07) is 3.91. The van der Waals surface area contributed by atoms with E-state index in [2.05, 4.69) is 0 Å². The SMILES string of the molecule is CC(C)Cc1cc(F)cc2cc(C(=O)O)n(C(=O)OCCC(C)(C)C)c12. The van der Waals surface area contributed by atoms with E-state index >= 15 is 0 Å². The zero-order valence-corrected chi connectivity index (χ0v) is 15.9. The second-order valence-electron chi connectivity index (χ2n) is 8.20. The number of carbonyl (C=O) groups excluding carboxylic acids is 1. The molecule has 0 bridgehead atoms. The fourth-order valence-corrected chi connectivity index (χ4v) is 2.85. The quantitative estimate of drug-likeness (QED) is 0.802. The van der Waals surface area contributed by atoms with Gasteiger partial charge in [0.25, 0.3) is 0 Å². The van der Waals surface area contributed by atoms with Gasteiger partial charge in [0.15, 0.2) is 0 Å². The first-order valence-electron chi connectivity index (χ1n) is 8.74. The number of ether oxygens (including phenoxy) is 1. The molecular weight excluding hydrogens is 337 g/mol. The maximum atomic E-state index is 14.0. The van der Waals surface area contributed by atoms with Crippen molar-refractivity contribution in [3.05, 3.63) is 35.3 Å². The van der Waals surface area contributed by atoms with E-state index < -0.39 is 17.9 Å². The van der Waals surface area contributed by atoms with Crippen LogP contribution in [0.25, 0.3) is 10.9 Å². The molecule has 26 heavy (non-hydrogen) atoms. The lowest BCUT2D eigenvalue weighted by Crippen LogP contribution is -2.21. The highest BCUT2D eigenvalue weighted by atomic mass is 19.1. The molecule has 0 amide bonds. The van der Waals surface area contributed by atoms with Gasteiger partial charge in [-0.1, -0.05) is 34.6 Å². The lowest BCUT2D eigenvalue weighted by Gasteiger charge is -2.18. The van der Waals surface area contributed by atoms with Crippen molar-refractivity contribution in [1.29, 1.82) is 0 Å². The Bertz CT molecular complexity index is 830. The van der Waals surface area contributed by atoms with Crippen molar-refractivity contribution in [1.82, 2.24) is 4.57 Å². The third-order valence-electron chi connectivity index (χ3n) is 4.05. The van der Waals surface area contributed by atoms with Crippen molar-refractivity contribution in [2.75, 3.05) is 6.61 Å². The molecule has 6 heteroatoms.